The van der Waals surface area contributed by atoms with Crippen molar-refractivity contribution >= 4 is 22.5 Å². The molecule has 1 aliphatic heterocycles. The highest BCUT2D eigenvalue weighted by molar-refractivity contribution is 7.13. The normalized spacial score (nSPS) is 15.4. The number of urea groups is 1. The molecule has 2 amide bonds. The van der Waals surface area contributed by atoms with Crippen LogP contribution in [-0.2, 0) is 6.54 Å². The van der Waals surface area contributed by atoms with Crippen LogP contribution in [0.25, 0.3) is 0 Å². The zero-order chi connectivity index (χ0) is 17.6. The van der Waals surface area contributed by atoms with Crippen LogP contribution >= 0.6 is 11.3 Å². The molecular weight excluding hydrogens is 334 g/mol. The van der Waals surface area contributed by atoms with Crippen molar-refractivity contribution in [2.45, 2.75) is 19.9 Å². The first-order valence-corrected chi connectivity index (χ1v) is 9.21. The molecular formula is C18H21N5OS. The first-order valence-electron chi connectivity index (χ1n) is 8.33. The number of hydrogen-bond acceptors (Lipinski definition) is 5. The second-order valence-corrected chi connectivity index (χ2v) is 7.01. The molecule has 0 aliphatic carbocycles. The molecule has 0 spiro atoms. The number of thiazole rings is 1. The number of aromatic nitrogens is 1. The van der Waals surface area contributed by atoms with Crippen molar-refractivity contribution in [2.24, 2.45) is 0 Å². The molecule has 2 aromatic rings. The summed E-state index contributed by atoms with van der Waals surface area (Å²) in [6.45, 7) is 6.00. The van der Waals surface area contributed by atoms with Gasteiger partial charge in [-0.25, -0.2) is 9.78 Å². The van der Waals surface area contributed by atoms with Gasteiger partial charge in [0.05, 0.1) is 17.3 Å². The molecule has 1 aliphatic rings. The second kappa shape index (κ2) is 8.10. The van der Waals surface area contributed by atoms with E-state index in [2.05, 4.69) is 21.3 Å². The lowest BCUT2D eigenvalue weighted by Crippen LogP contribution is -2.38. The zero-order valence-electron chi connectivity index (χ0n) is 14.2. The van der Waals surface area contributed by atoms with Crippen molar-refractivity contribution in [3.8, 4) is 6.07 Å². The molecule has 1 aromatic heterocycles. The van der Waals surface area contributed by atoms with Crippen LogP contribution in [0.3, 0.4) is 0 Å². The maximum absolute atomic E-state index is 12.4. The van der Waals surface area contributed by atoms with Gasteiger partial charge in [0.15, 0.2) is 5.13 Å². The summed E-state index contributed by atoms with van der Waals surface area (Å²) in [6.07, 6.45) is 0.945. The Morgan fingerprint density at radius 3 is 2.76 bits per heavy atom. The maximum atomic E-state index is 12.4. The summed E-state index contributed by atoms with van der Waals surface area (Å²) in [6, 6.07) is 9.76. The van der Waals surface area contributed by atoms with Gasteiger partial charge in [-0.05, 0) is 31.0 Å². The molecule has 0 radical (unpaired) electrons. The van der Waals surface area contributed by atoms with Crippen molar-refractivity contribution in [1.29, 1.82) is 5.26 Å². The predicted octanol–water partition coefficient (Wildman–Crippen LogP) is 3.06. The van der Waals surface area contributed by atoms with E-state index in [0.717, 1.165) is 38.3 Å². The summed E-state index contributed by atoms with van der Waals surface area (Å²) < 4.78 is 0. The largest absolute Gasteiger partial charge is 0.323 e. The molecule has 1 saturated heterocycles. The van der Waals surface area contributed by atoms with Gasteiger partial charge in [0.2, 0.25) is 0 Å². The zero-order valence-corrected chi connectivity index (χ0v) is 15.1. The number of amides is 2. The Kier molecular flexibility index (Phi) is 5.64. The van der Waals surface area contributed by atoms with Gasteiger partial charge in [-0.15, -0.1) is 11.3 Å². The standard InChI is InChI=1S/C18H21N5OS/c1-14-13-25-17(20-14)21-18(24)23-8-2-7-22(9-10-23)12-16-5-3-15(11-19)4-6-16/h3-6,13H,2,7-10,12H2,1H3,(H,20,21,24). The van der Waals surface area contributed by atoms with Crippen molar-refractivity contribution in [2.75, 3.05) is 31.5 Å². The fraction of sp³-hybridized carbons (Fsp3) is 0.389. The fourth-order valence-electron chi connectivity index (χ4n) is 2.86. The van der Waals surface area contributed by atoms with Crippen LogP contribution in [-0.4, -0.2) is 47.0 Å². The van der Waals surface area contributed by atoms with Gasteiger partial charge in [-0.1, -0.05) is 12.1 Å². The summed E-state index contributed by atoms with van der Waals surface area (Å²) in [4.78, 5) is 20.9. The molecule has 25 heavy (non-hydrogen) atoms. The molecule has 7 heteroatoms. The van der Waals surface area contributed by atoms with Crippen molar-refractivity contribution in [1.82, 2.24) is 14.8 Å². The van der Waals surface area contributed by atoms with Crippen LogP contribution in [0.5, 0.6) is 0 Å². The van der Waals surface area contributed by atoms with E-state index in [1.165, 1.54) is 16.9 Å². The number of nitrogens with one attached hydrogen (secondary N) is 1. The molecule has 1 N–H and O–H groups in total. The Bertz CT molecular complexity index is 765. The van der Waals surface area contributed by atoms with Gasteiger partial charge in [0, 0.05) is 38.1 Å². The smallest absolute Gasteiger partial charge is 0.323 e. The highest BCUT2D eigenvalue weighted by atomic mass is 32.1. The van der Waals surface area contributed by atoms with E-state index >= 15 is 0 Å². The maximum Gasteiger partial charge on any atom is 0.323 e. The van der Waals surface area contributed by atoms with E-state index in [9.17, 15) is 4.79 Å². The van der Waals surface area contributed by atoms with E-state index in [1.54, 1.807) is 0 Å². The minimum atomic E-state index is -0.0745. The van der Waals surface area contributed by atoms with Crippen LogP contribution in [0.4, 0.5) is 9.93 Å². The highest BCUT2D eigenvalue weighted by Gasteiger charge is 2.20. The average Bonchev–Trinajstić information content (AvgIpc) is 2.88. The molecule has 130 valence electrons. The summed E-state index contributed by atoms with van der Waals surface area (Å²) >= 11 is 1.45. The summed E-state index contributed by atoms with van der Waals surface area (Å²) in [7, 11) is 0. The van der Waals surface area contributed by atoms with Crippen LogP contribution < -0.4 is 5.32 Å². The number of rotatable bonds is 3. The number of carbonyl (C=O) groups excluding carboxylic acids is 1. The van der Waals surface area contributed by atoms with Gasteiger partial charge >= 0.3 is 6.03 Å². The van der Waals surface area contributed by atoms with E-state index in [1.807, 2.05) is 41.5 Å². The molecule has 1 fully saturated rings. The van der Waals surface area contributed by atoms with Crippen LogP contribution in [0.2, 0.25) is 0 Å². The van der Waals surface area contributed by atoms with Gasteiger partial charge in [0.25, 0.3) is 0 Å². The number of nitrogens with zero attached hydrogens (tertiary/aromatic N) is 4. The van der Waals surface area contributed by atoms with Gasteiger partial charge in [0.1, 0.15) is 0 Å². The third-order valence-electron chi connectivity index (χ3n) is 4.20. The molecule has 0 bridgehead atoms. The van der Waals surface area contributed by atoms with Crippen molar-refractivity contribution in [3.63, 3.8) is 0 Å². The Balaban J connectivity index is 1.52. The van der Waals surface area contributed by atoms with Gasteiger partial charge in [-0.3, -0.25) is 10.2 Å². The lowest BCUT2D eigenvalue weighted by atomic mass is 10.1. The number of aryl methyl sites for hydroxylation is 1. The predicted molar refractivity (Wildman–Crippen MR) is 98.5 cm³/mol. The fourth-order valence-corrected chi connectivity index (χ4v) is 3.53. The molecule has 0 saturated carbocycles. The molecule has 0 atom stereocenters. The first kappa shape index (κ1) is 17.4. The lowest BCUT2D eigenvalue weighted by molar-refractivity contribution is 0.211. The first-order chi connectivity index (χ1) is 12.1. The second-order valence-electron chi connectivity index (χ2n) is 6.15. The third-order valence-corrected chi connectivity index (χ3v) is 5.07. The quantitative estimate of drug-likeness (QED) is 0.918. The summed E-state index contributed by atoms with van der Waals surface area (Å²) in [5, 5.41) is 14.3. The summed E-state index contributed by atoms with van der Waals surface area (Å²) in [5.74, 6) is 0. The molecule has 1 aromatic carbocycles. The third kappa shape index (κ3) is 4.78. The van der Waals surface area contributed by atoms with Gasteiger partial charge in [-0.2, -0.15) is 5.26 Å². The van der Waals surface area contributed by atoms with Crippen molar-refractivity contribution < 1.29 is 4.79 Å². The molecule has 2 heterocycles. The monoisotopic (exact) mass is 355 g/mol. The number of benzene rings is 1. The summed E-state index contributed by atoms with van der Waals surface area (Å²) in [5.41, 5.74) is 2.79. The van der Waals surface area contributed by atoms with Crippen LogP contribution in [0.1, 0.15) is 23.2 Å². The minimum Gasteiger partial charge on any atom is -0.323 e. The average molecular weight is 355 g/mol. The topological polar surface area (TPSA) is 72.3 Å². The molecule has 6 nitrogen and oxygen atoms in total. The van der Waals surface area contributed by atoms with E-state index in [4.69, 9.17) is 5.26 Å². The van der Waals surface area contributed by atoms with E-state index < -0.39 is 0 Å². The molecule has 3 rings (SSSR count). The SMILES string of the molecule is Cc1csc(NC(=O)N2CCCN(Cc3ccc(C#N)cc3)CC2)n1. The molecule has 0 unspecified atom stereocenters. The van der Waals surface area contributed by atoms with Gasteiger partial charge < -0.3 is 4.90 Å². The Morgan fingerprint density at radius 1 is 1.28 bits per heavy atom. The number of carbonyl (C=O) groups is 1. The Labute approximate surface area is 151 Å². The van der Waals surface area contributed by atoms with Crippen molar-refractivity contribution in [3.05, 3.63) is 46.5 Å². The lowest BCUT2D eigenvalue weighted by Gasteiger charge is -2.22. The van der Waals surface area contributed by atoms with E-state index in [0.29, 0.717) is 17.2 Å². The Morgan fingerprint density at radius 2 is 2.08 bits per heavy atom. The van der Waals surface area contributed by atoms with Crippen LogP contribution in [0.15, 0.2) is 29.6 Å². The Hall–Kier alpha value is -2.43. The minimum absolute atomic E-state index is 0.0745. The van der Waals surface area contributed by atoms with E-state index in [-0.39, 0.29) is 6.03 Å². The number of hydrogen-bond donors (Lipinski definition) is 1. The highest BCUT2D eigenvalue weighted by Crippen LogP contribution is 2.16. The number of nitriles is 1. The van der Waals surface area contributed by atoms with Crippen LogP contribution in [0, 0.1) is 18.3 Å². The number of anilines is 1.